The molecule has 2 atom stereocenters. The van der Waals surface area contributed by atoms with E-state index in [1.807, 2.05) is 24.3 Å². The van der Waals surface area contributed by atoms with Crippen LogP contribution >= 0.6 is 11.6 Å². The molecule has 2 aromatic rings. The number of nitrogens with one attached hydrogen (secondary N) is 1. The Bertz CT molecular complexity index is 814. The molecule has 0 aromatic heterocycles. The van der Waals surface area contributed by atoms with Crippen LogP contribution in [0.1, 0.15) is 22.3 Å². The quantitative estimate of drug-likeness (QED) is 0.686. The minimum absolute atomic E-state index is 0.0563. The molecular weight excluding hydrogens is 380 g/mol. The first kappa shape index (κ1) is 20.6. The summed E-state index contributed by atoms with van der Waals surface area (Å²) in [5.74, 6) is 0.574. The van der Waals surface area contributed by atoms with Crippen molar-refractivity contribution in [3.63, 3.8) is 0 Å². The fraction of sp³-hybridized carbons (Fsp3) is 0.381. The second-order valence-corrected chi connectivity index (χ2v) is 7.53. The maximum atomic E-state index is 12.7. The smallest absolute Gasteiger partial charge is 0.253 e. The van der Waals surface area contributed by atoms with Crippen LogP contribution in [0.25, 0.3) is 0 Å². The van der Waals surface area contributed by atoms with Gasteiger partial charge in [-0.2, -0.15) is 0 Å². The van der Waals surface area contributed by atoms with Gasteiger partial charge in [-0.05, 0) is 48.4 Å². The van der Waals surface area contributed by atoms with Gasteiger partial charge in [0.15, 0.2) is 0 Å². The number of amides is 1. The number of carbonyl (C=O) groups is 1. The molecule has 0 unspecified atom stereocenters. The molecule has 0 saturated carbocycles. The van der Waals surface area contributed by atoms with Gasteiger partial charge in [-0.25, -0.2) is 0 Å². The van der Waals surface area contributed by atoms with Gasteiger partial charge in [-0.1, -0.05) is 23.7 Å². The van der Waals surface area contributed by atoms with Crippen LogP contribution in [-0.4, -0.2) is 59.5 Å². The van der Waals surface area contributed by atoms with E-state index < -0.39 is 11.7 Å². The number of ether oxygens (including phenoxy) is 1. The van der Waals surface area contributed by atoms with Gasteiger partial charge in [0, 0.05) is 30.2 Å². The lowest BCUT2D eigenvalue weighted by Gasteiger charge is -2.42. The van der Waals surface area contributed by atoms with Gasteiger partial charge in [-0.3, -0.25) is 4.79 Å². The van der Waals surface area contributed by atoms with Crippen LogP contribution in [0.2, 0.25) is 5.02 Å². The topological polar surface area (TPSA) is 82.0 Å². The number of aliphatic hydroxyl groups excluding tert-OH is 1. The van der Waals surface area contributed by atoms with Crippen molar-refractivity contribution < 1.29 is 19.7 Å². The molecule has 3 N–H and O–H groups in total. The molecule has 0 bridgehead atoms. The van der Waals surface area contributed by atoms with E-state index in [0.717, 1.165) is 11.3 Å². The maximum absolute atomic E-state index is 12.7. The van der Waals surface area contributed by atoms with E-state index >= 15 is 0 Å². The van der Waals surface area contributed by atoms with Crippen LogP contribution in [0.4, 0.5) is 0 Å². The summed E-state index contributed by atoms with van der Waals surface area (Å²) in [5.41, 5.74) is 0.0916. The number of carbonyl (C=O) groups excluding carboxylic acids is 1. The molecule has 0 spiro atoms. The first-order chi connectivity index (χ1) is 13.4. The normalized spacial score (nSPS) is 22.1. The van der Waals surface area contributed by atoms with Crippen molar-refractivity contribution in [2.75, 3.05) is 26.7 Å². The van der Waals surface area contributed by atoms with Crippen LogP contribution in [0, 0.1) is 0 Å². The van der Waals surface area contributed by atoms with Crippen molar-refractivity contribution in [2.24, 2.45) is 0 Å². The Morgan fingerprint density at radius 2 is 2.07 bits per heavy atom. The Morgan fingerprint density at radius 1 is 1.32 bits per heavy atom. The van der Waals surface area contributed by atoms with Crippen LogP contribution in [-0.2, 0) is 6.54 Å². The molecule has 0 aliphatic carbocycles. The molecular formula is C21H25ClN2O4. The number of methoxy groups -OCH3 is 1. The first-order valence-corrected chi connectivity index (χ1v) is 9.58. The van der Waals surface area contributed by atoms with Crippen molar-refractivity contribution in [1.29, 1.82) is 0 Å². The number of benzene rings is 2. The third-order valence-electron chi connectivity index (χ3n) is 5.03. The zero-order chi connectivity index (χ0) is 20.1. The summed E-state index contributed by atoms with van der Waals surface area (Å²) in [6.07, 6.45) is -0.587. The molecule has 7 heteroatoms. The fourth-order valence-electron chi connectivity index (χ4n) is 3.39. The summed E-state index contributed by atoms with van der Waals surface area (Å²) in [6.45, 7) is 1.12. The lowest BCUT2D eigenvalue weighted by atomic mass is 9.89. The SMILES string of the molecule is COc1cccc(CNC[C@@]2(O)CN(C(=O)c3ccc(Cl)cc3)CC[C@@H]2O)c1. The minimum atomic E-state index is -1.42. The van der Waals surface area contributed by atoms with Crippen LogP contribution < -0.4 is 10.1 Å². The summed E-state index contributed by atoms with van der Waals surface area (Å²) < 4.78 is 5.21. The molecule has 150 valence electrons. The van der Waals surface area contributed by atoms with Crippen molar-refractivity contribution in [3.8, 4) is 5.75 Å². The standard InChI is InChI=1S/C21H25ClN2O4/c1-28-18-4-2-3-15(11-18)12-23-13-21(27)14-24(10-9-19(21)25)20(26)16-5-7-17(22)8-6-16/h2-8,11,19,23,25,27H,9-10,12-14H2,1H3/t19-,21+/m0/s1. The Labute approximate surface area is 169 Å². The monoisotopic (exact) mass is 404 g/mol. The molecule has 1 aliphatic rings. The van der Waals surface area contributed by atoms with Gasteiger partial charge in [0.2, 0.25) is 0 Å². The zero-order valence-electron chi connectivity index (χ0n) is 15.8. The predicted molar refractivity (Wildman–Crippen MR) is 108 cm³/mol. The Morgan fingerprint density at radius 3 is 2.79 bits per heavy atom. The van der Waals surface area contributed by atoms with Crippen LogP contribution in [0.5, 0.6) is 5.75 Å². The van der Waals surface area contributed by atoms with Gasteiger partial charge in [0.25, 0.3) is 5.91 Å². The molecule has 1 fully saturated rings. The number of hydrogen-bond acceptors (Lipinski definition) is 5. The Hall–Kier alpha value is -2.12. The third-order valence-corrected chi connectivity index (χ3v) is 5.28. The number of aliphatic hydroxyl groups is 2. The molecule has 1 amide bonds. The van der Waals surface area contributed by atoms with E-state index in [0.29, 0.717) is 30.1 Å². The predicted octanol–water partition coefficient (Wildman–Crippen LogP) is 2.08. The molecule has 2 aromatic carbocycles. The average molecular weight is 405 g/mol. The summed E-state index contributed by atoms with van der Waals surface area (Å²) in [7, 11) is 1.61. The number of hydrogen-bond donors (Lipinski definition) is 3. The second kappa shape index (κ2) is 8.92. The van der Waals surface area contributed by atoms with Gasteiger partial charge in [0.1, 0.15) is 11.4 Å². The fourth-order valence-corrected chi connectivity index (χ4v) is 3.52. The Kier molecular flexibility index (Phi) is 6.57. The number of likely N-dealkylation sites (tertiary alicyclic amines) is 1. The summed E-state index contributed by atoms with van der Waals surface area (Å²) in [5, 5.41) is 25.1. The van der Waals surface area contributed by atoms with Crippen LogP contribution in [0.3, 0.4) is 0 Å². The minimum Gasteiger partial charge on any atom is -0.497 e. The average Bonchev–Trinajstić information content (AvgIpc) is 2.70. The molecule has 6 nitrogen and oxygen atoms in total. The summed E-state index contributed by atoms with van der Waals surface area (Å²) in [6, 6.07) is 14.3. The highest BCUT2D eigenvalue weighted by Gasteiger charge is 2.42. The van der Waals surface area contributed by atoms with Crippen molar-refractivity contribution in [3.05, 3.63) is 64.7 Å². The lowest BCUT2D eigenvalue weighted by Crippen LogP contribution is -2.62. The van der Waals surface area contributed by atoms with E-state index in [-0.39, 0.29) is 19.0 Å². The molecule has 1 saturated heterocycles. The van der Waals surface area contributed by atoms with Gasteiger partial charge < -0.3 is 25.2 Å². The van der Waals surface area contributed by atoms with Crippen molar-refractivity contribution in [2.45, 2.75) is 24.7 Å². The number of halogens is 1. The molecule has 28 heavy (non-hydrogen) atoms. The summed E-state index contributed by atoms with van der Waals surface area (Å²) in [4.78, 5) is 14.3. The first-order valence-electron chi connectivity index (χ1n) is 9.20. The van der Waals surface area contributed by atoms with E-state index in [2.05, 4.69) is 5.32 Å². The largest absolute Gasteiger partial charge is 0.497 e. The molecule has 1 heterocycles. The highest BCUT2D eigenvalue weighted by molar-refractivity contribution is 6.30. The van der Waals surface area contributed by atoms with E-state index in [1.54, 1.807) is 36.3 Å². The lowest BCUT2D eigenvalue weighted by molar-refractivity contribution is -0.111. The number of piperidine rings is 1. The van der Waals surface area contributed by atoms with Gasteiger partial charge in [-0.15, -0.1) is 0 Å². The van der Waals surface area contributed by atoms with Crippen molar-refractivity contribution >= 4 is 17.5 Å². The number of rotatable bonds is 6. The van der Waals surface area contributed by atoms with E-state index in [1.165, 1.54) is 0 Å². The Balaban J connectivity index is 1.62. The third kappa shape index (κ3) is 4.83. The number of β-amino-alcohol motifs (C(OH)–C–C–N with tert-alkyl or cyclic N) is 1. The van der Waals surface area contributed by atoms with Gasteiger partial charge >= 0.3 is 0 Å². The summed E-state index contributed by atoms with van der Waals surface area (Å²) >= 11 is 5.88. The molecule has 0 radical (unpaired) electrons. The molecule has 1 aliphatic heterocycles. The van der Waals surface area contributed by atoms with Gasteiger partial charge in [0.05, 0.1) is 19.8 Å². The zero-order valence-corrected chi connectivity index (χ0v) is 16.5. The highest BCUT2D eigenvalue weighted by atomic mass is 35.5. The second-order valence-electron chi connectivity index (χ2n) is 7.10. The van der Waals surface area contributed by atoms with Crippen molar-refractivity contribution in [1.82, 2.24) is 10.2 Å². The highest BCUT2D eigenvalue weighted by Crippen LogP contribution is 2.24. The maximum Gasteiger partial charge on any atom is 0.253 e. The van der Waals surface area contributed by atoms with E-state index in [9.17, 15) is 15.0 Å². The molecule has 3 rings (SSSR count). The van der Waals surface area contributed by atoms with E-state index in [4.69, 9.17) is 16.3 Å². The number of nitrogens with zero attached hydrogens (tertiary/aromatic N) is 1. The van der Waals surface area contributed by atoms with Crippen LogP contribution in [0.15, 0.2) is 48.5 Å².